The highest BCUT2D eigenvalue weighted by molar-refractivity contribution is 6.35. The van der Waals surface area contributed by atoms with Crippen LogP contribution >= 0.6 is 23.2 Å². The van der Waals surface area contributed by atoms with Crippen LogP contribution in [0.25, 0.3) is 11.5 Å². The first-order valence-corrected chi connectivity index (χ1v) is 6.69. The van der Waals surface area contributed by atoms with Crippen LogP contribution in [0, 0.1) is 13.8 Å². The molecular formula is C13H14Cl2N4. The molecule has 6 heteroatoms. The molecule has 0 aliphatic rings. The summed E-state index contributed by atoms with van der Waals surface area (Å²) in [5, 5.41) is 4.14. The maximum absolute atomic E-state index is 6.14. The predicted molar refractivity (Wildman–Crippen MR) is 78.9 cm³/mol. The highest BCUT2D eigenvalue weighted by Gasteiger charge is 2.13. The average molecular weight is 297 g/mol. The fourth-order valence-corrected chi connectivity index (χ4v) is 2.12. The van der Waals surface area contributed by atoms with Gasteiger partial charge in [-0.15, -0.1) is 0 Å². The van der Waals surface area contributed by atoms with Crippen LogP contribution in [0.5, 0.6) is 0 Å². The molecular weight excluding hydrogens is 283 g/mol. The van der Waals surface area contributed by atoms with E-state index in [4.69, 9.17) is 23.2 Å². The second kappa shape index (κ2) is 5.72. The summed E-state index contributed by atoms with van der Waals surface area (Å²) >= 11 is 12.0. The van der Waals surface area contributed by atoms with Gasteiger partial charge >= 0.3 is 0 Å². The second-order valence-corrected chi connectivity index (χ2v) is 4.96. The first-order valence-electron chi connectivity index (χ1n) is 5.93. The highest BCUT2D eigenvalue weighted by Crippen LogP contribution is 2.27. The van der Waals surface area contributed by atoms with Crippen molar-refractivity contribution in [3.63, 3.8) is 0 Å². The molecule has 2 heterocycles. The molecule has 0 amide bonds. The molecule has 0 atom stereocenters. The summed E-state index contributed by atoms with van der Waals surface area (Å²) in [6.45, 7) is 6.72. The fraction of sp³-hybridized carbons (Fsp3) is 0.308. The third-order valence-corrected chi connectivity index (χ3v) is 3.25. The van der Waals surface area contributed by atoms with Crippen LogP contribution in [0.4, 0.5) is 5.82 Å². The van der Waals surface area contributed by atoms with Crippen molar-refractivity contribution in [2.75, 3.05) is 11.9 Å². The minimum atomic E-state index is 0.443. The van der Waals surface area contributed by atoms with E-state index in [1.165, 1.54) is 6.20 Å². The van der Waals surface area contributed by atoms with Crippen molar-refractivity contribution in [1.82, 2.24) is 15.0 Å². The van der Waals surface area contributed by atoms with Gasteiger partial charge in [-0.3, -0.25) is 0 Å². The van der Waals surface area contributed by atoms with E-state index in [9.17, 15) is 0 Å². The van der Waals surface area contributed by atoms with E-state index in [0.29, 0.717) is 21.6 Å². The molecule has 0 fully saturated rings. The van der Waals surface area contributed by atoms with Crippen molar-refractivity contribution in [3.05, 3.63) is 33.6 Å². The Morgan fingerprint density at radius 1 is 1.21 bits per heavy atom. The molecule has 0 aliphatic carbocycles. The van der Waals surface area contributed by atoms with E-state index < -0.39 is 0 Å². The van der Waals surface area contributed by atoms with Gasteiger partial charge in [-0.2, -0.15) is 0 Å². The van der Waals surface area contributed by atoms with Crippen LogP contribution in [-0.2, 0) is 0 Å². The summed E-state index contributed by atoms with van der Waals surface area (Å²) in [5.41, 5.74) is 2.46. The molecule has 2 aromatic rings. The zero-order valence-electron chi connectivity index (χ0n) is 11.0. The van der Waals surface area contributed by atoms with Crippen LogP contribution in [0.1, 0.15) is 18.2 Å². The van der Waals surface area contributed by atoms with Gasteiger partial charge in [0.05, 0.1) is 10.0 Å². The Labute approximate surface area is 122 Å². The second-order valence-electron chi connectivity index (χ2n) is 4.12. The number of aryl methyl sites for hydroxylation is 1. The van der Waals surface area contributed by atoms with E-state index in [-0.39, 0.29) is 0 Å². The molecule has 19 heavy (non-hydrogen) atoms. The van der Waals surface area contributed by atoms with Gasteiger partial charge in [0.2, 0.25) is 0 Å². The van der Waals surface area contributed by atoms with Gasteiger partial charge in [-0.05, 0) is 26.8 Å². The monoisotopic (exact) mass is 296 g/mol. The molecule has 2 aromatic heterocycles. The van der Waals surface area contributed by atoms with Crippen LogP contribution in [0.15, 0.2) is 12.3 Å². The van der Waals surface area contributed by atoms with Crippen molar-refractivity contribution < 1.29 is 0 Å². The average Bonchev–Trinajstić information content (AvgIpc) is 2.35. The lowest BCUT2D eigenvalue weighted by atomic mass is 10.2. The van der Waals surface area contributed by atoms with Gasteiger partial charge in [-0.25, -0.2) is 15.0 Å². The Bertz CT molecular complexity index is 614. The van der Waals surface area contributed by atoms with E-state index in [1.807, 2.05) is 20.8 Å². The van der Waals surface area contributed by atoms with Crippen molar-refractivity contribution in [2.24, 2.45) is 0 Å². The first kappa shape index (κ1) is 14.0. The summed E-state index contributed by atoms with van der Waals surface area (Å²) in [5.74, 6) is 1.30. The van der Waals surface area contributed by atoms with Gasteiger partial charge in [0.25, 0.3) is 0 Å². The molecule has 0 saturated carbocycles. The molecule has 0 unspecified atom stereocenters. The molecule has 0 saturated heterocycles. The number of nitrogens with one attached hydrogen (secondary N) is 1. The largest absolute Gasteiger partial charge is 0.370 e. The lowest BCUT2D eigenvalue weighted by Gasteiger charge is -2.11. The van der Waals surface area contributed by atoms with Gasteiger partial charge < -0.3 is 5.32 Å². The summed E-state index contributed by atoms with van der Waals surface area (Å²) in [6, 6.07) is 1.64. The Balaban J connectivity index is 2.56. The summed E-state index contributed by atoms with van der Waals surface area (Å²) in [6.07, 6.45) is 1.54. The van der Waals surface area contributed by atoms with Crippen LogP contribution < -0.4 is 5.32 Å². The first-order chi connectivity index (χ1) is 9.02. The van der Waals surface area contributed by atoms with E-state index in [0.717, 1.165) is 23.6 Å². The third-order valence-electron chi connectivity index (χ3n) is 2.75. The van der Waals surface area contributed by atoms with Gasteiger partial charge in [-0.1, -0.05) is 23.2 Å². The summed E-state index contributed by atoms with van der Waals surface area (Å²) < 4.78 is 0. The van der Waals surface area contributed by atoms with Gasteiger partial charge in [0, 0.05) is 24.0 Å². The molecule has 0 bridgehead atoms. The molecule has 0 aromatic carbocycles. The van der Waals surface area contributed by atoms with Crippen molar-refractivity contribution >= 4 is 29.0 Å². The SMILES string of the molecule is CCNc1nc(-c2ncc(Cl)cc2Cl)nc(C)c1C. The Morgan fingerprint density at radius 3 is 2.58 bits per heavy atom. The molecule has 100 valence electrons. The van der Waals surface area contributed by atoms with Crippen molar-refractivity contribution in [2.45, 2.75) is 20.8 Å². The Hall–Kier alpha value is -1.39. The Kier molecular flexibility index (Phi) is 4.22. The van der Waals surface area contributed by atoms with E-state index in [1.54, 1.807) is 6.07 Å². The number of aromatic nitrogens is 3. The standard InChI is InChI=1S/C13H14Cl2N4/c1-4-16-12-7(2)8(3)18-13(19-12)11-10(15)5-9(14)6-17-11/h5-6H,4H2,1-3H3,(H,16,18,19). The smallest absolute Gasteiger partial charge is 0.181 e. The molecule has 0 spiro atoms. The third kappa shape index (κ3) is 2.96. The number of hydrogen-bond donors (Lipinski definition) is 1. The van der Waals surface area contributed by atoms with Gasteiger partial charge in [0.15, 0.2) is 5.82 Å². The zero-order chi connectivity index (χ0) is 14.0. The minimum Gasteiger partial charge on any atom is -0.370 e. The molecule has 0 aliphatic heterocycles. The highest BCUT2D eigenvalue weighted by atomic mass is 35.5. The quantitative estimate of drug-likeness (QED) is 0.933. The number of anilines is 1. The molecule has 2 rings (SSSR count). The normalized spacial score (nSPS) is 10.6. The topological polar surface area (TPSA) is 50.7 Å². The number of hydrogen-bond acceptors (Lipinski definition) is 4. The van der Waals surface area contributed by atoms with Crippen molar-refractivity contribution in [1.29, 1.82) is 0 Å². The molecule has 4 nitrogen and oxygen atoms in total. The van der Waals surface area contributed by atoms with E-state index >= 15 is 0 Å². The fourth-order valence-electron chi connectivity index (χ4n) is 1.65. The maximum Gasteiger partial charge on any atom is 0.181 e. The van der Waals surface area contributed by atoms with Crippen LogP contribution in [-0.4, -0.2) is 21.5 Å². The number of nitrogens with zero attached hydrogens (tertiary/aromatic N) is 3. The summed E-state index contributed by atoms with van der Waals surface area (Å²) in [7, 11) is 0. The molecule has 1 N–H and O–H groups in total. The Morgan fingerprint density at radius 2 is 1.95 bits per heavy atom. The number of pyridine rings is 1. The van der Waals surface area contributed by atoms with Crippen LogP contribution in [0.2, 0.25) is 10.0 Å². The molecule has 0 radical (unpaired) electrons. The zero-order valence-corrected chi connectivity index (χ0v) is 12.5. The van der Waals surface area contributed by atoms with Gasteiger partial charge in [0.1, 0.15) is 11.5 Å². The number of halogens is 2. The minimum absolute atomic E-state index is 0.443. The van der Waals surface area contributed by atoms with E-state index in [2.05, 4.69) is 20.3 Å². The lowest BCUT2D eigenvalue weighted by molar-refractivity contribution is 1.04. The number of rotatable bonds is 3. The summed E-state index contributed by atoms with van der Waals surface area (Å²) in [4.78, 5) is 13.1. The maximum atomic E-state index is 6.14. The lowest BCUT2D eigenvalue weighted by Crippen LogP contribution is -2.06. The predicted octanol–water partition coefficient (Wildman–Crippen LogP) is 3.89. The van der Waals surface area contributed by atoms with Crippen LogP contribution in [0.3, 0.4) is 0 Å². The van der Waals surface area contributed by atoms with Crippen molar-refractivity contribution in [3.8, 4) is 11.5 Å².